The lowest BCUT2D eigenvalue weighted by Gasteiger charge is -1.98. The highest BCUT2D eigenvalue weighted by Crippen LogP contribution is 2.20. The van der Waals surface area contributed by atoms with E-state index in [4.69, 9.17) is 5.73 Å². The topological polar surface area (TPSA) is 69.6 Å². The van der Waals surface area contributed by atoms with Crippen molar-refractivity contribution in [2.45, 2.75) is 0 Å². The van der Waals surface area contributed by atoms with Crippen molar-refractivity contribution in [2.24, 2.45) is 0 Å². The second kappa shape index (κ2) is 3.03. The monoisotopic (exact) mass is 217 g/mol. The highest BCUT2D eigenvalue weighted by molar-refractivity contribution is 7.08. The molecule has 0 aliphatic carbocycles. The van der Waals surface area contributed by atoms with E-state index in [9.17, 15) is 0 Å². The molecule has 5 nitrogen and oxygen atoms in total. The van der Waals surface area contributed by atoms with Gasteiger partial charge in [-0.25, -0.2) is 15.0 Å². The lowest BCUT2D eigenvalue weighted by molar-refractivity contribution is 1.07. The van der Waals surface area contributed by atoms with Crippen LogP contribution >= 0.6 is 11.3 Å². The molecule has 0 aromatic carbocycles. The van der Waals surface area contributed by atoms with Crippen LogP contribution in [0, 0.1) is 0 Å². The molecule has 15 heavy (non-hydrogen) atoms. The minimum atomic E-state index is 0.411. The molecular formula is C9H7N5S. The summed E-state index contributed by atoms with van der Waals surface area (Å²) in [4.78, 5) is 12.3. The van der Waals surface area contributed by atoms with Gasteiger partial charge in [-0.3, -0.25) is 4.57 Å². The maximum atomic E-state index is 5.70. The maximum Gasteiger partial charge on any atom is 0.170 e. The van der Waals surface area contributed by atoms with Gasteiger partial charge < -0.3 is 5.73 Å². The lowest BCUT2D eigenvalue weighted by Crippen LogP contribution is -1.95. The Bertz CT molecular complexity index is 598. The lowest BCUT2D eigenvalue weighted by atomic mass is 10.4. The van der Waals surface area contributed by atoms with E-state index in [0.29, 0.717) is 11.3 Å². The fourth-order valence-corrected chi connectivity index (χ4v) is 2.06. The van der Waals surface area contributed by atoms with Crippen LogP contribution in [-0.2, 0) is 0 Å². The van der Waals surface area contributed by atoms with Crippen LogP contribution in [0.4, 0.5) is 5.82 Å². The van der Waals surface area contributed by atoms with E-state index in [1.165, 1.54) is 6.33 Å². The van der Waals surface area contributed by atoms with Crippen LogP contribution in [-0.4, -0.2) is 19.5 Å². The van der Waals surface area contributed by atoms with E-state index in [2.05, 4.69) is 15.0 Å². The van der Waals surface area contributed by atoms with Crippen LogP contribution in [0.5, 0.6) is 0 Å². The third-order valence-electron chi connectivity index (χ3n) is 2.15. The fourth-order valence-electron chi connectivity index (χ4n) is 1.44. The zero-order valence-corrected chi connectivity index (χ0v) is 8.48. The first kappa shape index (κ1) is 8.37. The Morgan fingerprint density at radius 1 is 1.27 bits per heavy atom. The normalized spacial score (nSPS) is 10.9. The Labute approximate surface area is 89.2 Å². The molecule has 0 saturated heterocycles. The quantitative estimate of drug-likeness (QED) is 0.670. The number of fused-ring (bicyclic) bond motifs is 1. The summed E-state index contributed by atoms with van der Waals surface area (Å²) in [5, 5.41) is 4.03. The molecule has 3 heterocycles. The van der Waals surface area contributed by atoms with Crippen LogP contribution in [0.15, 0.2) is 29.5 Å². The SMILES string of the molecule is Nc1ncnc2c1ncn2-c1ccsc1. The average Bonchev–Trinajstić information content (AvgIpc) is 2.85. The van der Waals surface area contributed by atoms with Crippen molar-refractivity contribution in [1.82, 2.24) is 19.5 Å². The molecule has 0 aliphatic heterocycles. The minimum absolute atomic E-state index is 0.411. The first-order valence-corrected chi connectivity index (χ1v) is 5.26. The standard InChI is InChI=1S/C9H7N5S/c10-8-7-9(12-4-11-8)14(5-13-7)6-1-2-15-3-6/h1-5H,(H2,10,11,12). The number of aromatic nitrogens is 4. The number of nitrogens with zero attached hydrogens (tertiary/aromatic N) is 4. The summed E-state index contributed by atoms with van der Waals surface area (Å²) < 4.78 is 1.89. The number of imidazole rings is 1. The number of hydrogen-bond donors (Lipinski definition) is 1. The predicted octanol–water partition coefficient (Wildman–Crippen LogP) is 1.46. The second-order valence-electron chi connectivity index (χ2n) is 3.03. The summed E-state index contributed by atoms with van der Waals surface area (Å²) in [7, 11) is 0. The van der Waals surface area contributed by atoms with E-state index < -0.39 is 0 Å². The van der Waals surface area contributed by atoms with Gasteiger partial charge >= 0.3 is 0 Å². The van der Waals surface area contributed by atoms with Gasteiger partial charge in [-0.1, -0.05) is 0 Å². The van der Waals surface area contributed by atoms with E-state index in [1.54, 1.807) is 17.7 Å². The summed E-state index contributed by atoms with van der Waals surface area (Å²) in [5.41, 5.74) is 8.12. The minimum Gasteiger partial charge on any atom is -0.382 e. The van der Waals surface area contributed by atoms with Crippen molar-refractivity contribution < 1.29 is 0 Å². The molecule has 0 spiro atoms. The molecule has 3 aromatic rings. The van der Waals surface area contributed by atoms with Gasteiger partial charge in [0, 0.05) is 5.38 Å². The number of anilines is 1. The van der Waals surface area contributed by atoms with Gasteiger partial charge in [-0.2, -0.15) is 11.3 Å². The summed E-state index contributed by atoms with van der Waals surface area (Å²) in [5.74, 6) is 0.411. The van der Waals surface area contributed by atoms with Gasteiger partial charge in [-0.15, -0.1) is 0 Å². The number of nitrogen functional groups attached to an aromatic ring is 1. The highest BCUT2D eigenvalue weighted by Gasteiger charge is 2.08. The second-order valence-corrected chi connectivity index (χ2v) is 3.81. The highest BCUT2D eigenvalue weighted by atomic mass is 32.1. The van der Waals surface area contributed by atoms with Crippen LogP contribution < -0.4 is 5.73 Å². The fraction of sp³-hybridized carbons (Fsp3) is 0. The van der Waals surface area contributed by atoms with E-state index in [0.717, 1.165) is 11.3 Å². The first-order valence-electron chi connectivity index (χ1n) is 4.32. The third-order valence-corrected chi connectivity index (χ3v) is 2.82. The smallest absolute Gasteiger partial charge is 0.170 e. The summed E-state index contributed by atoms with van der Waals surface area (Å²) in [6, 6.07) is 2.00. The van der Waals surface area contributed by atoms with E-state index in [-0.39, 0.29) is 0 Å². The van der Waals surface area contributed by atoms with Crippen LogP contribution in [0.1, 0.15) is 0 Å². The number of hydrogen-bond acceptors (Lipinski definition) is 5. The Balaban J connectivity index is 2.34. The first-order chi connectivity index (χ1) is 7.36. The van der Waals surface area contributed by atoms with Crippen LogP contribution in [0.3, 0.4) is 0 Å². The van der Waals surface area contributed by atoms with Gasteiger partial charge in [-0.05, 0) is 11.4 Å². The van der Waals surface area contributed by atoms with Gasteiger partial charge in [0.05, 0.1) is 5.69 Å². The molecule has 0 fully saturated rings. The maximum absolute atomic E-state index is 5.70. The number of thiophene rings is 1. The molecule has 0 amide bonds. The molecule has 3 aromatic heterocycles. The predicted molar refractivity (Wildman–Crippen MR) is 58.9 cm³/mol. The van der Waals surface area contributed by atoms with Gasteiger partial charge in [0.2, 0.25) is 0 Å². The van der Waals surface area contributed by atoms with Crippen molar-refractivity contribution in [1.29, 1.82) is 0 Å². The molecule has 0 radical (unpaired) electrons. The molecule has 0 saturated carbocycles. The zero-order valence-electron chi connectivity index (χ0n) is 7.66. The van der Waals surface area contributed by atoms with Crippen molar-refractivity contribution in [3.05, 3.63) is 29.5 Å². The summed E-state index contributed by atoms with van der Waals surface area (Å²) >= 11 is 1.63. The van der Waals surface area contributed by atoms with Gasteiger partial charge in [0.15, 0.2) is 17.0 Å². The van der Waals surface area contributed by atoms with Crippen molar-refractivity contribution in [3.63, 3.8) is 0 Å². The Kier molecular flexibility index (Phi) is 1.69. The molecule has 0 unspecified atom stereocenters. The third kappa shape index (κ3) is 1.18. The molecule has 0 atom stereocenters. The van der Waals surface area contributed by atoms with Crippen molar-refractivity contribution >= 4 is 28.3 Å². The number of nitrogens with two attached hydrogens (primary N) is 1. The van der Waals surface area contributed by atoms with Gasteiger partial charge in [0.25, 0.3) is 0 Å². The molecule has 3 rings (SSSR count). The Morgan fingerprint density at radius 3 is 3.00 bits per heavy atom. The average molecular weight is 217 g/mol. The molecule has 0 bridgehead atoms. The zero-order chi connectivity index (χ0) is 10.3. The Morgan fingerprint density at radius 2 is 2.20 bits per heavy atom. The van der Waals surface area contributed by atoms with Crippen molar-refractivity contribution in [3.8, 4) is 5.69 Å². The van der Waals surface area contributed by atoms with Crippen LogP contribution in [0.25, 0.3) is 16.9 Å². The van der Waals surface area contributed by atoms with Crippen molar-refractivity contribution in [2.75, 3.05) is 5.73 Å². The summed E-state index contributed by atoms with van der Waals surface area (Å²) in [6.07, 6.45) is 3.15. The van der Waals surface area contributed by atoms with Crippen LogP contribution in [0.2, 0.25) is 0 Å². The molecule has 6 heteroatoms. The van der Waals surface area contributed by atoms with E-state index in [1.807, 2.05) is 21.4 Å². The number of rotatable bonds is 1. The molecular weight excluding hydrogens is 210 g/mol. The van der Waals surface area contributed by atoms with E-state index >= 15 is 0 Å². The largest absolute Gasteiger partial charge is 0.382 e. The molecule has 0 aliphatic rings. The van der Waals surface area contributed by atoms with Gasteiger partial charge in [0.1, 0.15) is 12.7 Å². The molecule has 2 N–H and O–H groups in total. The summed E-state index contributed by atoms with van der Waals surface area (Å²) in [6.45, 7) is 0. The Hall–Kier alpha value is -1.95. The molecule has 74 valence electrons.